The third-order valence-corrected chi connectivity index (χ3v) is 4.00. The number of nitrogens with two attached hydrogens (primary N) is 1. The van der Waals surface area contributed by atoms with E-state index in [9.17, 15) is 0 Å². The molecule has 1 fully saturated rings. The minimum absolute atomic E-state index is 0.410. The molecule has 1 saturated carbocycles. The van der Waals surface area contributed by atoms with Crippen LogP contribution in [0.1, 0.15) is 40.0 Å². The fourth-order valence-corrected chi connectivity index (χ4v) is 2.78. The van der Waals surface area contributed by atoms with Gasteiger partial charge in [-0.2, -0.15) is 0 Å². The Morgan fingerprint density at radius 3 is 2.71 bits per heavy atom. The summed E-state index contributed by atoms with van der Waals surface area (Å²) in [6.45, 7) is 11.6. The molecule has 0 spiro atoms. The fourth-order valence-electron chi connectivity index (χ4n) is 2.78. The zero-order valence-electron chi connectivity index (χ0n) is 11.8. The standard InChI is InChI=1S/C14H30N2O/c1-4-16(8-9-17-5-2)11-13-10-12(3)6-7-14(13)15/h12-14H,4-11,15H2,1-3H3. The summed E-state index contributed by atoms with van der Waals surface area (Å²) in [6, 6.07) is 0.410. The molecule has 3 nitrogen and oxygen atoms in total. The maximum atomic E-state index is 6.24. The van der Waals surface area contributed by atoms with Gasteiger partial charge in [0.1, 0.15) is 0 Å². The largest absolute Gasteiger partial charge is 0.380 e. The summed E-state index contributed by atoms with van der Waals surface area (Å²) in [6.07, 6.45) is 3.81. The van der Waals surface area contributed by atoms with E-state index in [-0.39, 0.29) is 0 Å². The Balaban J connectivity index is 2.32. The van der Waals surface area contributed by atoms with Crippen molar-refractivity contribution in [1.29, 1.82) is 0 Å². The summed E-state index contributed by atoms with van der Waals surface area (Å²) in [4.78, 5) is 2.48. The molecular weight excluding hydrogens is 212 g/mol. The molecule has 3 heteroatoms. The Bertz CT molecular complexity index is 199. The second-order valence-electron chi connectivity index (χ2n) is 5.43. The molecule has 3 unspecified atom stereocenters. The molecule has 0 amide bonds. The Labute approximate surface area is 107 Å². The first kappa shape index (κ1) is 14.9. The van der Waals surface area contributed by atoms with Crippen molar-refractivity contribution in [2.45, 2.75) is 46.1 Å². The number of likely N-dealkylation sites (N-methyl/N-ethyl adjacent to an activating group) is 1. The minimum atomic E-state index is 0.410. The maximum absolute atomic E-state index is 6.24. The van der Waals surface area contributed by atoms with Crippen LogP contribution in [0.25, 0.3) is 0 Å². The predicted molar refractivity (Wildman–Crippen MR) is 73.1 cm³/mol. The summed E-state index contributed by atoms with van der Waals surface area (Å²) in [5, 5.41) is 0. The summed E-state index contributed by atoms with van der Waals surface area (Å²) in [5.74, 6) is 1.53. The number of nitrogens with zero attached hydrogens (tertiary/aromatic N) is 1. The van der Waals surface area contributed by atoms with E-state index >= 15 is 0 Å². The smallest absolute Gasteiger partial charge is 0.0593 e. The second-order valence-corrected chi connectivity index (χ2v) is 5.43. The van der Waals surface area contributed by atoms with Gasteiger partial charge in [-0.15, -0.1) is 0 Å². The van der Waals surface area contributed by atoms with Gasteiger partial charge in [0.2, 0.25) is 0 Å². The van der Waals surface area contributed by atoms with E-state index < -0.39 is 0 Å². The molecule has 1 aliphatic carbocycles. The fraction of sp³-hybridized carbons (Fsp3) is 1.00. The molecule has 0 heterocycles. The van der Waals surface area contributed by atoms with E-state index in [1.165, 1.54) is 19.3 Å². The summed E-state index contributed by atoms with van der Waals surface area (Å²) in [5.41, 5.74) is 6.24. The monoisotopic (exact) mass is 242 g/mol. The van der Waals surface area contributed by atoms with E-state index in [4.69, 9.17) is 10.5 Å². The highest BCUT2D eigenvalue weighted by Gasteiger charge is 2.27. The first-order valence-corrected chi connectivity index (χ1v) is 7.23. The third kappa shape index (κ3) is 5.36. The van der Waals surface area contributed by atoms with Crippen molar-refractivity contribution in [1.82, 2.24) is 4.90 Å². The Morgan fingerprint density at radius 1 is 1.29 bits per heavy atom. The van der Waals surface area contributed by atoms with Gasteiger partial charge in [0.25, 0.3) is 0 Å². The Morgan fingerprint density at radius 2 is 2.06 bits per heavy atom. The molecular formula is C14H30N2O. The number of hydrogen-bond donors (Lipinski definition) is 1. The molecule has 1 aliphatic rings. The lowest BCUT2D eigenvalue weighted by molar-refractivity contribution is 0.0973. The van der Waals surface area contributed by atoms with Crippen LogP contribution >= 0.6 is 0 Å². The molecule has 0 aromatic carbocycles. The molecule has 2 N–H and O–H groups in total. The molecule has 0 aliphatic heterocycles. The van der Waals surface area contributed by atoms with Crippen molar-refractivity contribution in [3.8, 4) is 0 Å². The van der Waals surface area contributed by atoms with E-state index in [2.05, 4.69) is 25.7 Å². The highest BCUT2D eigenvalue weighted by Crippen LogP contribution is 2.28. The second kappa shape index (κ2) is 8.06. The van der Waals surface area contributed by atoms with Gasteiger partial charge in [0.15, 0.2) is 0 Å². The Hall–Kier alpha value is -0.120. The lowest BCUT2D eigenvalue weighted by atomic mass is 9.79. The average Bonchev–Trinajstić information content (AvgIpc) is 2.32. The van der Waals surface area contributed by atoms with Gasteiger partial charge < -0.3 is 15.4 Å². The van der Waals surface area contributed by atoms with Crippen molar-refractivity contribution in [3.05, 3.63) is 0 Å². The van der Waals surface area contributed by atoms with E-state index in [0.29, 0.717) is 12.0 Å². The molecule has 102 valence electrons. The lowest BCUT2D eigenvalue weighted by Crippen LogP contribution is -2.43. The van der Waals surface area contributed by atoms with Crippen LogP contribution in [0.5, 0.6) is 0 Å². The molecule has 0 bridgehead atoms. The first-order chi connectivity index (χ1) is 8.17. The van der Waals surface area contributed by atoms with Crippen molar-refractivity contribution in [2.24, 2.45) is 17.6 Å². The maximum Gasteiger partial charge on any atom is 0.0593 e. The van der Waals surface area contributed by atoms with Crippen molar-refractivity contribution >= 4 is 0 Å². The zero-order valence-corrected chi connectivity index (χ0v) is 11.8. The third-order valence-electron chi connectivity index (χ3n) is 4.00. The van der Waals surface area contributed by atoms with Crippen LogP contribution in [0, 0.1) is 11.8 Å². The van der Waals surface area contributed by atoms with Crippen LogP contribution in [0.3, 0.4) is 0 Å². The average molecular weight is 242 g/mol. The van der Waals surface area contributed by atoms with Gasteiger partial charge in [-0.3, -0.25) is 0 Å². The number of rotatable bonds is 7. The van der Waals surface area contributed by atoms with Crippen LogP contribution in [0.15, 0.2) is 0 Å². The van der Waals surface area contributed by atoms with E-state index in [0.717, 1.165) is 38.8 Å². The van der Waals surface area contributed by atoms with Gasteiger partial charge in [-0.25, -0.2) is 0 Å². The Kier molecular flexibility index (Phi) is 7.09. The summed E-state index contributed by atoms with van der Waals surface area (Å²) < 4.78 is 5.43. The molecule has 0 aromatic heterocycles. The normalized spacial score (nSPS) is 29.8. The SMILES string of the molecule is CCOCCN(CC)CC1CC(C)CCC1N. The number of hydrogen-bond acceptors (Lipinski definition) is 3. The van der Waals surface area contributed by atoms with Crippen LogP contribution in [0.4, 0.5) is 0 Å². The highest BCUT2D eigenvalue weighted by atomic mass is 16.5. The minimum Gasteiger partial charge on any atom is -0.380 e. The first-order valence-electron chi connectivity index (χ1n) is 7.23. The molecule has 3 atom stereocenters. The number of ether oxygens (including phenoxy) is 1. The molecule has 17 heavy (non-hydrogen) atoms. The van der Waals surface area contributed by atoms with Crippen molar-refractivity contribution < 1.29 is 4.74 Å². The molecule has 0 aromatic rings. The summed E-state index contributed by atoms with van der Waals surface area (Å²) >= 11 is 0. The van der Waals surface area contributed by atoms with Gasteiger partial charge in [-0.1, -0.05) is 13.8 Å². The van der Waals surface area contributed by atoms with Crippen molar-refractivity contribution in [2.75, 3.05) is 32.8 Å². The topological polar surface area (TPSA) is 38.5 Å². The molecule has 0 saturated heterocycles. The zero-order chi connectivity index (χ0) is 12.7. The molecule has 0 radical (unpaired) electrons. The van der Waals surface area contributed by atoms with E-state index in [1.807, 2.05) is 0 Å². The van der Waals surface area contributed by atoms with Crippen LogP contribution in [-0.2, 0) is 4.74 Å². The summed E-state index contributed by atoms with van der Waals surface area (Å²) in [7, 11) is 0. The van der Waals surface area contributed by atoms with Gasteiger partial charge in [0, 0.05) is 25.7 Å². The van der Waals surface area contributed by atoms with Crippen LogP contribution in [0.2, 0.25) is 0 Å². The van der Waals surface area contributed by atoms with Gasteiger partial charge in [0.05, 0.1) is 6.61 Å². The quantitative estimate of drug-likeness (QED) is 0.695. The van der Waals surface area contributed by atoms with Gasteiger partial charge >= 0.3 is 0 Å². The highest BCUT2D eigenvalue weighted by molar-refractivity contribution is 4.83. The van der Waals surface area contributed by atoms with Gasteiger partial charge in [-0.05, 0) is 44.6 Å². The van der Waals surface area contributed by atoms with Crippen LogP contribution < -0.4 is 5.73 Å². The van der Waals surface area contributed by atoms with Crippen molar-refractivity contribution in [3.63, 3.8) is 0 Å². The van der Waals surface area contributed by atoms with Crippen LogP contribution in [-0.4, -0.2) is 43.8 Å². The predicted octanol–water partition coefficient (Wildman–Crippen LogP) is 2.11. The molecule has 1 rings (SSSR count). The van der Waals surface area contributed by atoms with E-state index in [1.54, 1.807) is 0 Å². The lowest BCUT2D eigenvalue weighted by Gasteiger charge is -2.36.